The van der Waals surface area contributed by atoms with Gasteiger partial charge in [0.25, 0.3) is 0 Å². The molecule has 0 aromatic carbocycles. The summed E-state index contributed by atoms with van der Waals surface area (Å²) in [5.41, 5.74) is -0.624. The number of likely N-dealkylation sites (N-methyl/N-ethyl adjacent to an activating group) is 1. The molecule has 1 unspecified atom stereocenters. The van der Waals surface area contributed by atoms with E-state index < -0.39 is 18.1 Å². The van der Waals surface area contributed by atoms with E-state index in [-0.39, 0.29) is 13.0 Å². The van der Waals surface area contributed by atoms with Crippen LogP contribution in [0.5, 0.6) is 0 Å². The topological polar surface area (TPSA) is 35.5 Å². The number of aliphatic hydroxyl groups is 1. The van der Waals surface area contributed by atoms with Crippen LogP contribution in [0.3, 0.4) is 0 Å². The second-order valence-electron chi connectivity index (χ2n) is 4.92. The maximum atomic E-state index is 12.0. The molecule has 0 saturated carbocycles. The lowest BCUT2D eigenvalue weighted by Gasteiger charge is -2.29. The van der Waals surface area contributed by atoms with Crippen molar-refractivity contribution in [1.29, 1.82) is 0 Å². The first-order valence-electron chi connectivity index (χ1n) is 5.76. The zero-order valence-electron chi connectivity index (χ0n) is 10.8. The average molecular weight is 256 g/mol. The zero-order valence-corrected chi connectivity index (χ0v) is 10.8. The predicted octanol–water partition coefficient (Wildman–Crippen LogP) is 1.62. The molecular formula is C11H23F3N2O. The molecule has 0 rings (SSSR count). The average Bonchev–Trinajstić information content (AvgIpc) is 2.15. The Balaban J connectivity index is 3.93. The SMILES string of the molecule is CN(C)CCNC(C)(CO)CCCC(F)(F)F. The Kier molecular flexibility index (Phi) is 7.04. The molecule has 0 radical (unpaired) electrons. The lowest BCUT2D eigenvalue weighted by atomic mass is 9.95. The summed E-state index contributed by atoms with van der Waals surface area (Å²) >= 11 is 0. The molecule has 3 nitrogen and oxygen atoms in total. The predicted molar refractivity (Wildman–Crippen MR) is 62.0 cm³/mol. The standard InChI is InChI=1S/C11H23F3N2O/c1-10(9-17,15-7-8-16(2)3)5-4-6-11(12,13)14/h15,17H,4-9H2,1-3H3. The van der Waals surface area contributed by atoms with E-state index in [1.807, 2.05) is 19.0 Å². The molecule has 0 spiro atoms. The highest BCUT2D eigenvalue weighted by atomic mass is 19.4. The number of rotatable bonds is 8. The van der Waals surface area contributed by atoms with E-state index in [9.17, 15) is 18.3 Å². The molecule has 0 heterocycles. The van der Waals surface area contributed by atoms with Gasteiger partial charge < -0.3 is 15.3 Å². The van der Waals surface area contributed by atoms with Gasteiger partial charge in [-0.25, -0.2) is 0 Å². The summed E-state index contributed by atoms with van der Waals surface area (Å²) in [4.78, 5) is 1.97. The second-order valence-corrected chi connectivity index (χ2v) is 4.92. The molecule has 0 aliphatic heterocycles. The van der Waals surface area contributed by atoms with Gasteiger partial charge in [-0.1, -0.05) is 0 Å². The number of alkyl halides is 3. The van der Waals surface area contributed by atoms with E-state index in [1.165, 1.54) is 0 Å². The van der Waals surface area contributed by atoms with Crippen LogP contribution in [-0.4, -0.2) is 55.5 Å². The highest BCUT2D eigenvalue weighted by Gasteiger charge is 2.29. The minimum absolute atomic E-state index is 0.0372. The van der Waals surface area contributed by atoms with E-state index in [4.69, 9.17) is 0 Å². The summed E-state index contributed by atoms with van der Waals surface area (Å²) in [6.45, 7) is 3.03. The largest absolute Gasteiger partial charge is 0.394 e. The summed E-state index contributed by atoms with van der Waals surface area (Å²) in [7, 11) is 3.84. The Labute approximate surface area is 101 Å². The number of nitrogens with zero attached hydrogens (tertiary/aromatic N) is 1. The van der Waals surface area contributed by atoms with Crippen molar-refractivity contribution in [3.8, 4) is 0 Å². The fraction of sp³-hybridized carbons (Fsp3) is 1.00. The van der Waals surface area contributed by atoms with Crippen LogP contribution in [0.25, 0.3) is 0 Å². The first-order valence-corrected chi connectivity index (χ1v) is 5.76. The molecule has 17 heavy (non-hydrogen) atoms. The smallest absolute Gasteiger partial charge is 0.389 e. The highest BCUT2D eigenvalue weighted by Crippen LogP contribution is 2.24. The highest BCUT2D eigenvalue weighted by molar-refractivity contribution is 4.82. The van der Waals surface area contributed by atoms with Crippen molar-refractivity contribution < 1.29 is 18.3 Å². The van der Waals surface area contributed by atoms with Crippen LogP contribution >= 0.6 is 0 Å². The van der Waals surface area contributed by atoms with Crippen molar-refractivity contribution in [1.82, 2.24) is 10.2 Å². The zero-order chi connectivity index (χ0) is 13.5. The molecule has 104 valence electrons. The van der Waals surface area contributed by atoms with Gasteiger partial charge in [-0.2, -0.15) is 13.2 Å². The molecule has 0 amide bonds. The minimum Gasteiger partial charge on any atom is -0.394 e. The molecule has 0 bridgehead atoms. The molecule has 0 saturated heterocycles. The lowest BCUT2D eigenvalue weighted by molar-refractivity contribution is -0.136. The molecule has 0 aliphatic rings. The van der Waals surface area contributed by atoms with Crippen molar-refractivity contribution in [3.63, 3.8) is 0 Å². The van der Waals surface area contributed by atoms with Crippen molar-refractivity contribution >= 4 is 0 Å². The van der Waals surface area contributed by atoms with Gasteiger partial charge in [-0.15, -0.1) is 0 Å². The molecule has 6 heteroatoms. The molecule has 0 aromatic heterocycles. The number of hydrogen-bond donors (Lipinski definition) is 2. The third kappa shape index (κ3) is 9.38. The van der Waals surface area contributed by atoms with Gasteiger partial charge in [0.2, 0.25) is 0 Å². The summed E-state index contributed by atoms with van der Waals surface area (Å²) in [5, 5.41) is 12.3. The van der Waals surface area contributed by atoms with Gasteiger partial charge in [0.05, 0.1) is 6.61 Å². The van der Waals surface area contributed by atoms with Gasteiger partial charge >= 0.3 is 6.18 Å². The summed E-state index contributed by atoms with van der Waals surface area (Å²) in [6.07, 6.45) is -4.55. The minimum atomic E-state index is -4.11. The molecule has 0 aliphatic carbocycles. The number of nitrogens with one attached hydrogen (secondary N) is 1. The van der Waals surface area contributed by atoms with Gasteiger partial charge in [-0.3, -0.25) is 0 Å². The van der Waals surface area contributed by atoms with Crippen LogP contribution < -0.4 is 5.32 Å². The lowest BCUT2D eigenvalue weighted by Crippen LogP contribution is -2.48. The summed E-state index contributed by atoms with van der Waals surface area (Å²) < 4.78 is 36.0. The Hall–Kier alpha value is -0.330. The van der Waals surface area contributed by atoms with E-state index >= 15 is 0 Å². The number of halogens is 3. The van der Waals surface area contributed by atoms with Crippen LogP contribution in [-0.2, 0) is 0 Å². The van der Waals surface area contributed by atoms with Crippen LogP contribution in [0.1, 0.15) is 26.2 Å². The normalized spacial score (nSPS) is 16.2. The van der Waals surface area contributed by atoms with Crippen LogP contribution in [0.15, 0.2) is 0 Å². The van der Waals surface area contributed by atoms with E-state index in [2.05, 4.69) is 5.32 Å². The Bertz CT molecular complexity index is 209. The first kappa shape index (κ1) is 16.7. The first-order chi connectivity index (χ1) is 7.68. The van der Waals surface area contributed by atoms with Crippen molar-refractivity contribution in [2.24, 2.45) is 0 Å². The molecule has 2 N–H and O–H groups in total. The van der Waals surface area contributed by atoms with Crippen LogP contribution in [0, 0.1) is 0 Å². The third-order valence-corrected chi connectivity index (χ3v) is 2.65. The number of hydrogen-bond acceptors (Lipinski definition) is 3. The van der Waals surface area contributed by atoms with E-state index in [1.54, 1.807) is 6.92 Å². The van der Waals surface area contributed by atoms with Crippen molar-refractivity contribution in [3.05, 3.63) is 0 Å². The van der Waals surface area contributed by atoms with Gasteiger partial charge in [0.1, 0.15) is 0 Å². The fourth-order valence-electron chi connectivity index (χ4n) is 1.48. The maximum absolute atomic E-state index is 12.0. The quantitative estimate of drug-likeness (QED) is 0.693. The monoisotopic (exact) mass is 256 g/mol. The fourth-order valence-corrected chi connectivity index (χ4v) is 1.48. The van der Waals surface area contributed by atoms with Crippen molar-refractivity contribution in [2.75, 3.05) is 33.8 Å². The Morgan fingerprint density at radius 2 is 1.76 bits per heavy atom. The van der Waals surface area contributed by atoms with E-state index in [0.29, 0.717) is 13.0 Å². The Morgan fingerprint density at radius 3 is 2.18 bits per heavy atom. The van der Waals surface area contributed by atoms with E-state index in [0.717, 1.165) is 6.54 Å². The third-order valence-electron chi connectivity index (χ3n) is 2.65. The van der Waals surface area contributed by atoms with Gasteiger partial charge in [0, 0.05) is 25.0 Å². The van der Waals surface area contributed by atoms with Crippen molar-refractivity contribution in [2.45, 2.75) is 37.9 Å². The maximum Gasteiger partial charge on any atom is 0.389 e. The molecular weight excluding hydrogens is 233 g/mol. The molecule has 0 aromatic rings. The molecule has 0 fully saturated rings. The molecule has 1 atom stereocenters. The Morgan fingerprint density at radius 1 is 1.18 bits per heavy atom. The van der Waals surface area contributed by atoms with Crippen LogP contribution in [0.4, 0.5) is 13.2 Å². The number of aliphatic hydroxyl groups excluding tert-OH is 1. The van der Waals surface area contributed by atoms with Crippen LogP contribution in [0.2, 0.25) is 0 Å². The van der Waals surface area contributed by atoms with Gasteiger partial charge in [0.15, 0.2) is 0 Å². The summed E-state index contributed by atoms with van der Waals surface area (Å²) in [6, 6.07) is 0. The van der Waals surface area contributed by atoms with Gasteiger partial charge in [-0.05, 0) is 33.9 Å². The second kappa shape index (κ2) is 7.18. The summed E-state index contributed by atoms with van der Waals surface area (Å²) in [5.74, 6) is 0.